The van der Waals surface area contributed by atoms with E-state index >= 15 is 0 Å². The van der Waals surface area contributed by atoms with E-state index in [1.807, 2.05) is 20.8 Å². The highest BCUT2D eigenvalue weighted by Gasteiger charge is 2.33. The Morgan fingerprint density at radius 1 is 1.03 bits per heavy atom. The zero-order valence-corrected chi connectivity index (χ0v) is 18.6. The quantitative estimate of drug-likeness (QED) is 0.545. The van der Waals surface area contributed by atoms with Gasteiger partial charge in [0.05, 0.1) is 21.7 Å². The maximum atomic E-state index is 13.6. The summed E-state index contributed by atoms with van der Waals surface area (Å²) in [6, 6.07) is 10.2. The number of halogens is 3. The molecule has 1 aromatic heterocycles. The number of alkyl halides is 3. The lowest BCUT2D eigenvalue weighted by Crippen LogP contribution is -2.23. The maximum Gasteiger partial charge on any atom is 0.416 e. The van der Waals surface area contributed by atoms with Gasteiger partial charge in [0.1, 0.15) is 5.25 Å². The van der Waals surface area contributed by atoms with Crippen molar-refractivity contribution < 1.29 is 26.4 Å². The molecular weight excluding hydrogens is 449 g/mol. The number of hydrogen-bond donors (Lipinski definition) is 2. The Morgan fingerprint density at radius 2 is 1.68 bits per heavy atom. The molecule has 0 aliphatic heterocycles. The van der Waals surface area contributed by atoms with E-state index in [0.717, 1.165) is 27.7 Å². The number of carbonyl (C=O) groups is 1. The normalized spacial score (nSPS) is 14.0. The second-order valence-corrected chi connectivity index (χ2v) is 10.5. The molecule has 0 saturated heterocycles. The van der Waals surface area contributed by atoms with Crippen molar-refractivity contribution in [2.45, 2.75) is 42.5 Å². The number of amides is 1. The SMILES string of the molecule is CC(C)(C)c1cccc(S(=O)(=O)n2c(C(S)C(N)=O)cc3cc(C(F)(F)F)ccc32)c1. The second kappa shape index (κ2) is 7.59. The molecule has 0 radical (unpaired) electrons. The minimum Gasteiger partial charge on any atom is -0.368 e. The highest BCUT2D eigenvalue weighted by molar-refractivity contribution is 7.90. The van der Waals surface area contributed by atoms with Crippen LogP contribution in [0.3, 0.4) is 0 Å². The number of carbonyl (C=O) groups excluding carboxylic acids is 1. The average molecular weight is 471 g/mol. The fraction of sp³-hybridized carbons (Fsp3) is 0.286. The topological polar surface area (TPSA) is 82.2 Å². The van der Waals surface area contributed by atoms with Gasteiger partial charge in [-0.1, -0.05) is 32.9 Å². The van der Waals surface area contributed by atoms with E-state index in [2.05, 4.69) is 12.6 Å². The highest BCUT2D eigenvalue weighted by atomic mass is 32.2. The summed E-state index contributed by atoms with van der Waals surface area (Å²) in [7, 11) is -4.28. The van der Waals surface area contributed by atoms with E-state index in [1.54, 1.807) is 12.1 Å². The van der Waals surface area contributed by atoms with Crippen LogP contribution in [0.1, 0.15) is 42.8 Å². The zero-order valence-electron chi connectivity index (χ0n) is 16.9. The Morgan fingerprint density at radius 3 is 2.23 bits per heavy atom. The smallest absolute Gasteiger partial charge is 0.368 e. The summed E-state index contributed by atoms with van der Waals surface area (Å²) >= 11 is 4.11. The Balaban J connectivity index is 2.33. The van der Waals surface area contributed by atoms with Crippen LogP contribution in [0.2, 0.25) is 0 Å². The summed E-state index contributed by atoms with van der Waals surface area (Å²) in [5.41, 5.74) is 4.65. The third kappa shape index (κ3) is 4.31. The second-order valence-electron chi connectivity index (χ2n) is 8.19. The minimum absolute atomic E-state index is 0.000626. The van der Waals surface area contributed by atoms with Crippen molar-refractivity contribution in [2.24, 2.45) is 5.73 Å². The first kappa shape index (κ1) is 23.2. The molecule has 1 unspecified atom stereocenters. The molecule has 0 aliphatic rings. The molecule has 2 aromatic carbocycles. The molecule has 1 atom stereocenters. The predicted octanol–water partition coefficient (Wildman–Crippen LogP) is 4.65. The van der Waals surface area contributed by atoms with Gasteiger partial charge in [0, 0.05) is 5.39 Å². The number of hydrogen-bond acceptors (Lipinski definition) is 4. The number of benzene rings is 2. The van der Waals surface area contributed by atoms with Crippen LogP contribution in [0.25, 0.3) is 10.9 Å². The number of aromatic nitrogens is 1. The third-order valence-corrected chi connectivity index (χ3v) is 7.16. The van der Waals surface area contributed by atoms with Gasteiger partial charge in [-0.2, -0.15) is 25.8 Å². The summed E-state index contributed by atoms with van der Waals surface area (Å²) < 4.78 is 67.4. The molecule has 0 bridgehead atoms. The molecule has 3 aromatic rings. The Kier molecular flexibility index (Phi) is 5.69. The molecule has 3 rings (SSSR count). The molecule has 166 valence electrons. The maximum absolute atomic E-state index is 13.6. The van der Waals surface area contributed by atoms with Crippen LogP contribution in [-0.4, -0.2) is 18.3 Å². The average Bonchev–Trinajstić information content (AvgIpc) is 3.05. The number of primary amides is 1. The van der Waals surface area contributed by atoms with Gasteiger partial charge in [0.15, 0.2) is 0 Å². The fourth-order valence-corrected chi connectivity index (χ4v) is 5.09. The molecule has 0 aliphatic carbocycles. The van der Waals surface area contributed by atoms with Gasteiger partial charge >= 0.3 is 6.18 Å². The van der Waals surface area contributed by atoms with Gasteiger partial charge in [-0.25, -0.2) is 12.4 Å². The third-order valence-electron chi connectivity index (χ3n) is 4.90. The Labute approximate surface area is 183 Å². The molecule has 5 nitrogen and oxygen atoms in total. The van der Waals surface area contributed by atoms with E-state index in [9.17, 15) is 26.4 Å². The van der Waals surface area contributed by atoms with Crippen molar-refractivity contribution in [3.05, 3.63) is 65.4 Å². The first-order valence-corrected chi connectivity index (χ1v) is 11.2. The van der Waals surface area contributed by atoms with Crippen LogP contribution in [-0.2, 0) is 26.4 Å². The van der Waals surface area contributed by atoms with Crippen LogP contribution in [0.4, 0.5) is 13.2 Å². The molecular formula is C21H21F3N2O3S2. The van der Waals surface area contributed by atoms with E-state index in [1.165, 1.54) is 18.2 Å². The lowest BCUT2D eigenvalue weighted by atomic mass is 9.87. The summed E-state index contributed by atoms with van der Waals surface area (Å²) in [6.45, 7) is 5.76. The van der Waals surface area contributed by atoms with Gasteiger partial charge in [0.2, 0.25) is 5.91 Å². The molecule has 1 amide bonds. The van der Waals surface area contributed by atoms with Gasteiger partial charge < -0.3 is 5.73 Å². The van der Waals surface area contributed by atoms with Crippen LogP contribution >= 0.6 is 12.6 Å². The number of nitrogens with zero attached hydrogens (tertiary/aromatic N) is 1. The van der Waals surface area contributed by atoms with E-state index in [4.69, 9.17) is 5.73 Å². The van der Waals surface area contributed by atoms with Crippen molar-refractivity contribution >= 4 is 39.5 Å². The summed E-state index contributed by atoms with van der Waals surface area (Å²) in [5, 5.41) is -1.34. The molecule has 0 fully saturated rings. The number of rotatable bonds is 4. The Hall–Kier alpha value is -2.46. The van der Waals surface area contributed by atoms with Gasteiger partial charge in [0.25, 0.3) is 10.0 Å². The van der Waals surface area contributed by atoms with Crippen molar-refractivity contribution in [1.82, 2.24) is 3.97 Å². The monoisotopic (exact) mass is 470 g/mol. The fourth-order valence-electron chi connectivity index (χ4n) is 3.22. The minimum atomic E-state index is -4.61. The van der Waals surface area contributed by atoms with Crippen LogP contribution in [0, 0.1) is 0 Å². The van der Waals surface area contributed by atoms with Crippen molar-refractivity contribution in [3.63, 3.8) is 0 Å². The molecule has 10 heteroatoms. The van der Waals surface area contributed by atoms with Gasteiger partial charge in [-0.3, -0.25) is 4.79 Å². The van der Waals surface area contributed by atoms with E-state index < -0.39 is 32.9 Å². The highest BCUT2D eigenvalue weighted by Crippen LogP contribution is 2.36. The van der Waals surface area contributed by atoms with Crippen molar-refractivity contribution in [2.75, 3.05) is 0 Å². The number of fused-ring (bicyclic) bond motifs is 1. The first-order valence-electron chi connectivity index (χ1n) is 9.20. The lowest BCUT2D eigenvalue weighted by Gasteiger charge is -2.20. The standard InChI is InChI=1S/C21H21F3N2O3S2/c1-20(2,3)13-5-4-6-15(11-13)31(28,29)26-16-8-7-14(21(22,23)24)9-12(16)10-17(26)18(30)19(25)27/h4-11,18,30H,1-3H3,(H2,25,27). The first-order chi connectivity index (χ1) is 14.1. The number of thiol groups is 1. The van der Waals surface area contributed by atoms with E-state index in [-0.39, 0.29) is 26.9 Å². The van der Waals surface area contributed by atoms with Crippen LogP contribution in [0.5, 0.6) is 0 Å². The summed E-state index contributed by atoms with van der Waals surface area (Å²) in [4.78, 5) is 11.7. The van der Waals surface area contributed by atoms with Gasteiger partial charge in [-0.15, -0.1) is 0 Å². The molecule has 31 heavy (non-hydrogen) atoms. The molecule has 0 saturated carbocycles. The number of nitrogens with two attached hydrogens (primary N) is 1. The molecule has 1 heterocycles. The lowest BCUT2D eigenvalue weighted by molar-refractivity contribution is -0.137. The summed E-state index contributed by atoms with van der Waals surface area (Å²) in [5.74, 6) is -0.929. The Bertz CT molecular complexity index is 1270. The summed E-state index contributed by atoms with van der Waals surface area (Å²) in [6.07, 6.45) is -4.61. The zero-order chi connectivity index (χ0) is 23.4. The largest absolute Gasteiger partial charge is 0.416 e. The van der Waals surface area contributed by atoms with E-state index in [0.29, 0.717) is 0 Å². The van der Waals surface area contributed by atoms with Crippen molar-refractivity contribution in [3.8, 4) is 0 Å². The molecule has 0 spiro atoms. The molecule has 2 N–H and O–H groups in total. The van der Waals surface area contributed by atoms with Crippen LogP contribution < -0.4 is 5.73 Å². The van der Waals surface area contributed by atoms with Crippen LogP contribution in [0.15, 0.2) is 53.4 Å². The predicted molar refractivity (Wildman–Crippen MR) is 116 cm³/mol. The van der Waals surface area contributed by atoms with Gasteiger partial charge in [-0.05, 0) is 47.4 Å². The van der Waals surface area contributed by atoms with Crippen molar-refractivity contribution in [1.29, 1.82) is 0 Å².